The first-order valence-corrected chi connectivity index (χ1v) is 9.51. The van der Waals surface area contributed by atoms with Gasteiger partial charge in [-0.3, -0.25) is 10.1 Å². The third-order valence-corrected chi connectivity index (χ3v) is 6.42. The second-order valence-corrected chi connectivity index (χ2v) is 7.87. The van der Waals surface area contributed by atoms with Crippen LogP contribution in [-0.4, -0.2) is 29.3 Å². The van der Waals surface area contributed by atoms with E-state index in [0.717, 1.165) is 12.0 Å². The summed E-state index contributed by atoms with van der Waals surface area (Å²) in [7, 11) is -3.76. The topological polar surface area (TPSA) is 107 Å². The Bertz CT molecular complexity index is 889. The highest BCUT2D eigenvalue weighted by Gasteiger charge is 2.39. The standard InChI is InChI=1S/C16H19N3O5S/c1-3-15-16(11(2)17-24-15)14-5-4-10-18(14)25(22,23)13-8-6-12(7-9-13)19(20)21/h6-9,14H,3-5,10H2,1-2H3/t14-/m1/s1. The van der Waals surface area contributed by atoms with Crippen LogP contribution in [0.1, 0.15) is 42.8 Å². The van der Waals surface area contributed by atoms with Crippen LogP contribution >= 0.6 is 0 Å². The van der Waals surface area contributed by atoms with Crippen LogP contribution in [0, 0.1) is 17.0 Å². The van der Waals surface area contributed by atoms with E-state index in [0.29, 0.717) is 30.8 Å². The van der Waals surface area contributed by atoms with Gasteiger partial charge in [-0.25, -0.2) is 8.42 Å². The summed E-state index contributed by atoms with van der Waals surface area (Å²) in [5.74, 6) is 0.702. The van der Waals surface area contributed by atoms with Crippen molar-refractivity contribution in [3.63, 3.8) is 0 Å². The van der Waals surface area contributed by atoms with E-state index in [2.05, 4.69) is 5.16 Å². The monoisotopic (exact) mass is 365 g/mol. The van der Waals surface area contributed by atoms with Crippen LogP contribution in [0.2, 0.25) is 0 Å². The van der Waals surface area contributed by atoms with E-state index >= 15 is 0 Å². The van der Waals surface area contributed by atoms with Gasteiger partial charge in [-0.1, -0.05) is 12.1 Å². The molecule has 2 aromatic rings. The fourth-order valence-corrected chi connectivity index (χ4v) is 4.96. The first kappa shape index (κ1) is 17.6. The van der Waals surface area contributed by atoms with E-state index < -0.39 is 14.9 Å². The number of aromatic nitrogens is 1. The predicted molar refractivity (Wildman–Crippen MR) is 89.6 cm³/mol. The molecule has 0 amide bonds. The van der Waals surface area contributed by atoms with Gasteiger partial charge in [0.15, 0.2) is 0 Å². The van der Waals surface area contributed by atoms with Crippen LogP contribution in [0.25, 0.3) is 0 Å². The molecule has 25 heavy (non-hydrogen) atoms. The second-order valence-electron chi connectivity index (χ2n) is 5.98. The van der Waals surface area contributed by atoms with Gasteiger partial charge in [0.2, 0.25) is 10.0 Å². The maximum Gasteiger partial charge on any atom is 0.269 e. The number of aryl methyl sites for hydroxylation is 2. The van der Waals surface area contributed by atoms with E-state index in [1.165, 1.54) is 28.6 Å². The molecule has 0 unspecified atom stereocenters. The van der Waals surface area contributed by atoms with Crippen molar-refractivity contribution in [2.24, 2.45) is 0 Å². The fourth-order valence-electron chi connectivity index (χ4n) is 3.30. The van der Waals surface area contributed by atoms with Gasteiger partial charge in [-0.15, -0.1) is 0 Å². The summed E-state index contributed by atoms with van der Waals surface area (Å²) >= 11 is 0. The Morgan fingerprint density at radius 3 is 2.64 bits per heavy atom. The average Bonchev–Trinajstić information content (AvgIpc) is 3.21. The van der Waals surface area contributed by atoms with Crippen LogP contribution in [0.3, 0.4) is 0 Å². The van der Waals surface area contributed by atoms with Gasteiger partial charge in [0.1, 0.15) is 5.76 Å². The minimum Gasteiger partial charge on any atom is -0.361 e. The average molecular weight is 365 g/mol. The summed E-state index contributed by atoms with van der Waals surface area (Å²) in [6.45, 7) is 4.15. The molecular weight excluding hydrogens is 346 g/mol. The number of nitrogens with zero attached hydrogens (tertiary/aromatic N) is 3. The molecule has 1 aromatic heterocycles. The zero-order chi connectivity index (χ0) is 18.2. The first-order chi connectivity index (χ1) is 11.9. The second kappa shape index (κ2) is 6.57. The van der Waals surface area contributed by atoms with Crippen molar-refractivity contribution in [3.8, 4) is 0 Å². The quantitative estimate of drug-likeness (QED) is 0.595. The van der Waals surface area contributed by atoms with Crippen LogP contribution in [0.4, 0.5) is 5.69 Å². The number of hydrogen-bond donors (Lipinski definition) is 0. The van der Waals surface area contributed by atoms with E-state index in [1.807, 2.05) is 13.8 Å². The summed E-state index contributed by atoms with van der Waals surface area (Å²) in [5, 5.41) is 14.7. The Balaban J connectivity index is 1.98. The Morgan fingerprint density at radius 2 is 2.04 bits per heavy atom. The molecule has 0 spiro atoms. The van der Waals surface area contributed by atoms with Gasteiger partial charge in [0.05, 0.1) is 21.6 Å². The lowest BCUT2D eigenvalue weighted by Gasteiger charge is -2.24. The zero-order valence-electron chi connectivity index (χ0n) is 14.0. The highest BCUT2D eigenvalue weighted by Crippen LogP contribution is 2.39. The number of rotatable bonds is 5. The maximum absolute atomic E-state index is 13.0. The van der Waals surface area contributed by atoms with Crippen molar-refractivity contribution in [3.05, 3.63) is 51.4 Å². The molecule has 0 N–H and O–H groups in total. The molecule has 0 radical (unpaired) electrons. The van der Waals surface area contributed by atoms with Crippen molar-refractivity contribution < 1.29 is 17.9 Å². The number of sulfonamides is 1. The lowest BCUT2D eigenvalue weighted by Crippen LogP contribution is -2.31. The van der Waals surface area contributed by atoms with E-state index in [4.69, 9.17) is 4.52 Å². The lowest BCUT2D eigenvalue weighted by atomic mass is 10.0. The summed E-state index contributed by atoms with van der Waals surface area (Å²) in [6.07, 6.45) is 2.07. The highest BCUT2D eigenvalue weighted by molar-refractivity contribution is 7.89. The molecule has 0 aliphatic carbocycles. The molecule has 2 heterocycles. The Kier molecular flexibility index (Phi) is 4.61. The number of nitro benzene ring substituents is 1. The zero-order valence-corrected chi connectivity index (χ0v) is 14.8. The van der Waals surface area contributed by atoms with Crippen molar-refractivity contribution in [2.75, 3.05) is 6.54 Å². The molecule has 8 nitrogen and oxygen atoms in total. The third kappa shape index (κ3) is 3.05. The van der Waals surface area contributed by atoms with Crippen molar-refractivity contribution >= 4 is 15.7 Å². The fraction of sp³-hybridized carbons (Fsp3) is 0.438. The van der Waals surface area contributed by atoms with E-state index in [1.54, 1.807) is 0 Å². The largest absolute Gasteiger partial charge is 0.361 e. The molecule has 0 saturated carbocycles. The van der Waals surface area contributed by atoms with Gasteiger partial charge in [-0.05, 0) is 31.9 Å². The number of nitro groups is 1. The molecule has 1 aliphatic heterocycles. The first-order valence-electron chi connectivity index (χ1n) is 8.07. The third-order valence-electron chi connectivity index (χ3n) is 4.50. The van der Waals surface area contributed by atoms with Gasteiger partial charge in [0.25, 0.3) is 5.69 Å². The van der Waals surface area contributed by atoms with Crippen LogP contribution in [-0.2, 0) is 16.4 Å². The Labute approximate surface area is 145 Å². The van der Waals surface area contributed by atoms with E-state index in [-0.39, 0.29) is 16.6 Å². The SMILES string of the molecule is CCc1onc(C)c1[C@H]1CCCN1S(=O)(=O)c1ccc([N+](=O)[O-])cc1. The minimum absolute atomic E-state index is 0.0529. The molecule has 1 atom stereocenters. The van der Waals surface area contributed by atoms with E-state index in [9.17, 15) is 18.5 Å². The molecular formula is C16H19N3O5S. The Morgan fingerprint density at radius 1 is 1.36 bits per heavy atom. The molecule has 1 aliphatic rings. The molecule has 1 aromatic carbocycles. The molecule has 3 rings (SSSR count). The van der Waals surface area contributed by atoms with Gasteiger partial charge >= 0.3 is 0 Å². The summed E-state index contributed by atoms with van der Waals surface area (Å²) in [5.41, 5.74) is 1.40. The van der Waals surface area contributed by atoms with Crippen molar-refractivity contribution in [1.29, 1.82) is 0 Å². The molecule has 1 fully saturated rings. The normalized spacial score (nSPS) is 18.6. The maximum atomic E-state index is 13.0. The smallest absolute Gasteiger partial charge is 0.269 e. The van der Waals surface area contributed by atoms with Gasteiger partial charge < -0.3 is 4.52 Å². The van der Waals surface area contributed by atoms with Crippen LogP contribution in [0.5, 0.6) is 0 Å². The molecule has 9 heteroatoms. The summed E-state index contributed by atoms with van der Waals surface area (Å²) in [6, 6.07) is 4.66. The number of hydrogen-bond acceptors (Lipinski definition) is 6. The highest BCUT2D eigenvalue weighted by atomic mass is 32.2. The number of benzene rings is 1. The molecule has 0 bridgehead atoms. The molecule has 134 valence electrons. The summed E-state index contributed by atoms with van der Waals surface area (Å²) in [4.78, 5) is 10.3. The number of non-ortho nitro benzene ring substituents is 1. The van der Waals surface area contributed by atoms with Gasteiger partial charge in [-0.2, -0.15) is 4.31 Å². The predicted octanol–water partition coefficient (Wildman–Crippen LogP) is 2.98. The van der Waals surface area contributed by atoms with Crippen LogP contribution < -0.4 is 0 Å². The van der Waals surface area contributed by atoms with Gasteiger partial charge in [0, 0.05) is 30.7 Å². The summed E-state index contributed by atoms with van der Waals surface area (Å²) < 4.78 is 32.8. The van der Waals surface area contributed by atoms with Crippen molar-refractivity contribution in [2.45, 2.75) is 44.0 Å². The van der Waals surface area contributed by atoms with Crippen LogP contribution in [0.15, 0.2) is 33.7 Å². The van der Waals surface area contributed by atoms with Crippen molar-refractivity contribution in [1.82, 2.24) is 9.46 Å². The Hall–Kier alpha value is -2.26. The minimum atomic E-state index is -3.76. The lowest BCUT2D eigenvalue weighted by molar-refractivity contribution is -0.384. The molecule has 1 saturated heterocycles.